The summed E-state index contributed by atoms with van der Waals surface area (Å²) in [4.78, 5) is 21.5. The number of hydrogen-bond donors (Lipinski definition) is 2. The molecular formula is C10H20ClNO3. The molecule has 0 aromatic heterocycles. The minimum atomic E-state index is -0.782. The standard InChI is InChI=1S/C10H19NO3.ClH/c1-10(2,11)8(12)6-4-3-5-7-9(13)14;/h3-7,11H2,1-2H3,(H,13,14);1H. The molecule has 0 aliphatic heterocycles. The maximum absolute atomic E-state index is 11.3. The van der Waals surface area contributed by atoms with Crippen molar-refractivity contribution in [3.8, 4) is 0 Å². The molecule has 0 aromatic carbocycles. The van der Waals surface area contributed by atoms with Gasteiger partial charge in [0.05, 0.1) is 5.54 Å². The first-order valence-corrected chi connectivity index (χ1v) is 4.88. The lowest BCUT2D eigenvalue weighted by atomic mass is 9.96. The summed E-state index contributed by atoms with van der Waals surface area (Å²) >= 11 is 0. The number of carboxylic acids is 1. The number of nitrogens with two attached hydrogens (primary N) is 1. The number of halogens is 1. The molecule has 15 heavy (non-hydrogen) atoms. The second kappa shape index (κ2) is 7.65. The molecule has 0 aliphatic carbocycles. The third kappa shape index (κ3) is 9.69. The fourth-order valence-corrected chi connectivity index (χ4v) is 1.06. The zero-order valence-corrected chi connectivity index (χ0v) is 10.1. The molecule has 90 valence electrons. The maximum Gasteiger partial charge on any atom is 0.303 e. The second-order valence-electron chi connectivity index (χ2n) is 4.10. The van der Waals surface area contributed by atoms with Crippen LogP contribution in [-0.4, -0.2) is 22.4 Å². The van der Waals surface area contributed by atoms with Crippen molar-refractivity contribution in [2.24, 2.45) is 5.73 Å². The Balaban J connectivity index is 0. The monoisotopic (exact) mass is 237 g/mol. The summed E-state index contributed by atoms with van der Waals surface area (Å²) in [5, 5.41) is 8.36. The summed E-state index contributed by atoms with van der Waals surface area (Å²) in [5.41, 5.74) is 4.84. The third-order valence-corrected chi connectivity index (χ3v) is 2.01. The maximum atomic E-state index is 11.3. The molecule has 0 spiro atoms. The number of Topliss-reactive ketones (excluding diaryl/α,β-unsaturated/α-hetero) is 1. The van der Waals surface area contributed by atoms with Crippen LogP contribution in [0, 0.1) is 0 Å². The van der Waals surface area contributed by atoms with Gasteiger partial charge in [0.1, 0.15) is 0 Å². The summed E-state index contributed by atoms with van der Waals surface area (Å²) in [5.74, 6) is -0.747. The number of ketones is 1. The van der Waals surface area contributed by atoms with E-state index >= 15 is 0 Å². The van der Waals surface area contributed by atoms with Gasteiger partial charge < -0.3 is 10.8 Å². The zero-order chi connectivity index (χ0) is 11.2. The average molecular weight is 238 g/mol. The van der Waals surface area contributed by atoms with Crippen LogP contribution >= 0.6 is 12.4 Å². The fraction of sp³-hybridized carbons (Fsp3) is 0.800. The molecule has 0 rings (SSSR count). The molecule has 3 N–H and O–H groups in total. The molecule has 0 atom stereocenters. The van der Waals surface area contributed by atoms with Gasteiger partial charge >= 0.3 is 5.97 Å². The van der Waals surface area contributed by atoms with E-state index in [4.69, 9.17) is 10.8 Å². The van der Waals surface area contributed by atoms with Crippen molar-refractivity contribution in [1.29, 1.82) is 0 Å². The van der Waals surface area contributed by atoms with E-state index in [-0.39, 0.29) is 24.6 Å². The smallest absolute Gasteiger partial charge is 0.303 e. The number of rotatable bonds is 7. The van der Waals surface area contributed by atoms with Crippen molar-refractivity contribution in [1.82, 2.24) is 0 Å². The first kappa shape index (κ1) is 16.8. The molecule has 0 radical (unpaired) electrons. The van der Waals surface area contributed by atoms with Crippen LogP contribution < -0.4 is 5.73 Å². The predicted octanol–water partition coefficient (Wildman–Crippen LogP) is 1.75. The Morgan fingerprint density at radius 1 is 1.13 bits per heavy atom. The minimum absolute atomic E-state index is 0. The predicted molar refractivity (Wildman–Crippen MR) is 61.2 cm³/mol. The van der Waals surface area contributed by atoms with Crippen LogP contribution in [0.5, 0.6) is 0 Å². The van der Waals surface area contributed by atoms with E-state index in [1.54, 1.807) is 13.8 Å². The highest BCUT2D eigenvalue weighted by atomic mass is 35.5. The van der Waals surface area contributed by atoms with Gasteiger partial charge in [-0.3, -0.25) is 9.59 Å². The van der Waals surface area contributed by atoms with E-state index in [0.29, 0.717) is 12.8 Å². The van der Waals surface area contributed by atoms with Crippen molar-refractivity contribution in [2.75, 3.05) is 0 Å². The summed E-state index contributed by atoms with van der Waals surface area (Å²) in [6.07, 6.45) is 2.76. The van der Waals surface area contributed by atoms with Crippen LogP contribution in [0.15, 0.2) is 0 Å². The lowest BCUT2D eigenvalue weighted by molar-refractivity contribution is -0.137. The van der Waals surface area contributed by atoms with Crippen molar-refractivity contribution >= 4 is 24.2 Å². The molecule has 4 nitrogen and oxygen atoms in total. The van der Waals surface area contributed by atoms with Crippen molar-refractivity contribution in [3.63, 3.8) is 0 Å². The highest BCUT2D eigenvalue weighted by molar-refractivity contribution is 5.87. The Kier molecular flexibility index (Phi) is 8.57. The van der Waals surface area contributed by atoms with Gasteiger partial charge in [0, 0.05) is 12.8 Å². The van der Waals surface area contributed by atoms with Crippen molar-refractivity contribution < 1.29 is 14.7 Å². The number of carboxylic acid groups (broad SMARTS) is 1. The van der Waals surface area contributed by atoms with Gasteiger partial charge in [-0.05, 0) is 26.7 Å². The molecular weight excluding hydrogens is 218 g/mol. The summed E-state index contributed by atoms with van der Waals surface area (Å²) in [6, 6.07) is 0. The molecule has 0 saturated carbocycles. The van der Waals surface area contributed by atoms with E-state index < -0.39 is 11.5 Å². The van der Waals surface area contributed by atoms with Crippen LogP contribution in [0.1, 0.15) is 46.0 Å². The quantitative estimate of drug-likeness (QED) is 0.661. The Bertz CT molecular complexity index is 211. The second-order valence-corrected chi connectivity index (χ2v) is 4.10. The number of unbranched alkanes of at least 4 members (excludes halogenated alkanes) is 2. The Morgan fingerprint density at radius 3 is 2.00 bits per heavy atom. The molecule has 0 aromatic rings. The normalized spacial score (nSPS) is 10.6. The highest BCUT2D eigenvalue weighted by Gasteiger charge is 2.20. The zero-order valence-electron chi connectivity index (χ0n) is 9.28. The highest BCUT2D eigenvalue weighted by Crippen LogP contribution is 2.09. The molecule has 0 saturated heterocycles. The van der Waals surface area contributed by atoms with Crippen LogP contribution in [0.2, 0.25) is 0 Å². The van der Waals surface area contributed by atoms with Crippen LogP contribution in [-0.2, 0) is 9.59 Å². The molecule has 0 aliphatic rings. The van der Waals surface area contributed by atoms with Gasteiger partial charge in [0.15, 0.2) is 5.78 Å². The first-order chi connectivity index (χ1) is 6.34. The van der Waals surface area contributed by atoms with Crippen molar-refractivity contribution in [2.45, 2.75) is 51.5 Å². The lowest BCUT2D eigenvalue weighted by Crippen LogP contribution is -2.41. The molecule has 0 fully saturated rings. The molecule has 5 heteroatoms. The molecule has 0 amide bonds. The fourth-order valence-electron chi connectivity index (χ4n) is 1.06. The van der Waals surface area contributed by atoms with Crippen molar-refractivity contribution in [3.05, 3.63) is 0 Å². The molecule has 0 heterocycles. The summed E-state index contributed by atoms with van der Waals surface area (Å²) < 4.78 is 0. The van der Waals surface area contributed by atoms with E-state index in [2.05, 4.69) is 0 Å². The van der Waals surface area contributed by atoms with Gasteiger partial charge in [-0.1, -0.05) is 6.42 Å². The Morgan fingerprint density at radius 2 is 1.60 bits per heavy atom. The number of carbonyl (C=O) groups excluding carboxylic acids is 1. The summed E-state index contributed by atoms with van der Waals surface area (Å²) in [6.45, 7) is 3.37. The SMILES string of the molecule is CC(C)(N)C(=O)CCCCCC(=O)O.Cl. The average Bonchev–Trinajstić information content (AvgIpc) is 2.01. The number of carbonyl (C=O) groups is 2. The van der Waals surface area contributed by atoms with E-state index in [0.717, 1.165) is 12.8 Å². The lowest BCUT2D eigenvalue weighted by Gasteiger charge is -2.16. The third-order valence-electron chi connectivity index (χ3n) is 2.01. The Hall–Kier alpha value is -0.610. The van der Waals surface area contributed by atoms with Gasteiger partial charge in [0.2, 0.25) is 0 Å². The van der Waals surface area contributed by atoms with Crippen LogP contribution in [0.4, 0.5) is 0 Å². The van der Waals surface area contributed by atoms with Crippen LogP contribution in [0.3, 0.4) is 0 Å². The molecule has 0 bridgehead atoms. The molecule has 0 unspecified atom stereocenters. The summed E-state index contributed by atoms with van der Waals surface area (Å²) in [7, 11) is 0. The Labute approximate surface area is 96.6 Å². The minimum Gasteiger partial charge on any atom is -0.481 e. The number of aliphatic carboxylic acids is 1. The van der Waals surface area contributed by atoms with E-state index in [1.165, 1.54) is 0 Å². The van der Waals surface area contributed by atoms with Gasteiger partial charge in [-0.2, -0.15) is 0 Å². The van der Waals surface area contributed by atoms with Gasteiger partial charge in [-0.25, -0.2) is 0 Å². The van der Waals surface area contributed by atoms with Crippen LogP contribution in [0.25, 0.3) is 0 Å². The number of hydrogen-bond acceptors (Lipinski definition) is 3. The van der Waals surface area contributed by atoms with E-state index in [9.17, 15) is 9.59 Å². The first-order valence-electron chi connectivity index (χ1n) is 4.88. The largest absolute Gasteiger partial charge is 0.481 e. The topological polar surface area (TPSA) is 80.4 Å². The van der Waals surface area contributed by atoms with E-state index in [1.807, 2.05) is 0 Å². The van der Waals surface area contributed by atoms with Gasteiger partial charge in [0.25, 0.3) is 0 Å². The van der Waals surface area contributed by atoms with Gasteiger partial charge in [-0.15, -0.1) is 12.4 Å².